The number of carbonyl (C=O) groups excluding carboxylic acids is 1. The molecule has 0 saturated carbocycles. The lowest BCUT2D eigenvalue weighted by Gasteiger charge is -2.27. The highest BCUT2D eigenvalue weighted by Gasteiger charge is 2.18. The summed E-state index contributed by atoms with van der Waals surface area (Å²) in [5, 5.41) is 14.2. The molecule has 1 aromatic carbocycles. The largest absolute Gasteiger partial charge is 0.379 e. The van der Waals surface area contributed by atoms with Crippen molar-refractivity contribution in [2.24, 2.45) is 7.05 Å². The van der Waals surface area contributed by atoms with Gasteiger partial charge in [-0.25, -0.2) is 4.98 Å². The average Bonchev–Trinajstić information content (AvgIpc) is 3.33. The molecule has 4 aromatic rings. The van der Waals surface area contributed by atoms with Gasteiger partial charge in [-0.2, -0.15) is 15.3 Å². The Morgan fingerprint density at radius 1 is 0.947 bits per heavy atom. The van der Waals surface area contributed by atoms with E-state index in [1.165, 1.54) is 0 Å². The third kappa shape index (κ3) is 5.28. The summed E-state index contributed by atoms with van der Waals surface area (Å²) in [6.07, 6.45) is 3.79. The number of pyridine rings is 1. The van der Waals surface area contributed by atoms with E-state index in [1.54, 1.807) is 12.3 Å². The molecule has 3 aromatic heterocycles. The summed E-state index contributed by atoms with van der Waals surface area (Å²) in [4.78, 5) is 22.1. The number of aryl methyl sites for hydroxylation is 1. The first-order valence-corrected chi connectivity index (χ1v) is 13.0. The Hall–Kier alpha value is -3.73. The van der Waals surface area contributed by atoms with Crippen LogP contribution in [0.4, 0.5) is 5.82 Å². The van der Waals surface area contributed by atoms with Gasteiger partial charge < -0.3 is 14.4 Å². The van der Waals surface area contributed by atoms with Gasteiger partial charge in [0, 0.05) is 62.5 Å². The summed E-state index contributed by atoms with van der Waals surface area (Å²) in [5.41, 5.74) is 5.40. The summed E-state index contributed by atoms with van der Waals surface area (Å²) < 4.78 is 12.9. The molecule has 0 amide bonds. The van der Waals surface area contributed by atoms with E-state index in [1.807, 2.05) is 36.1 Å². The summed E-state index contributed by atoms with van der Waals surface area (Å²) >= 11 is 0. The van der Waals surface area contributed by atoms with Gasteiger partial charge in [-0.05, 0) is 35.9 Å². The SMILES string of the molecule is Cn1ncc(-c2ccc3nnc(CC(=O)c4ccnc(N5CCOCC5)c4)cc3c2)c1CN1CCOCC1. The fourth-order valence-corrected chi connectivity index (χ4v) is 5.03. The molecule has 2 saturated heterocycles. The Labute approximate surface area is 221 Å². The Kier molecular flexibility index (Phi) is 7.08. The molecular weight excluding hydrogens is 482 g/mol. The molecule has 2 fully saturated rings. The lowest BCUT2D eigenvalue weighted by atomic mass is 10.0. The van der Waals surface area contributed by atoms with Gasteiger partial charge in [0.15, 0.2) is 5.78 Å². The summed E-state index contributed by atoms with van der Waals surface area (Å²) in [7, 11) is 1.99. The van der Waals surface area contributed by atoms with Gasteiger partial charge in [0.25, 0.3) is 0 Å². The minimum absolute atomic E-state index is 0.00762. The monoisotopic (exact) mass is 513 g/mol. The Morgan fingerprint density at radius 3 is 2.55 bits per heavy atom. The zero-order valence-electron chi connectivity index (χ0n) is 21.5. The van der Waals surface area contributed by atoms with Crippen molar-refractivity contribution in [1.29, 1.82) is 0 Å². The van der Waals surface area contributed by atoms with Crippen LogP contribution in [0.25, 0.3) is 22.0 Å². The molecule has 0 radical (unpaired) electrons. The highest BCUT2D eigenvalue weighted by molar-refractivity contribution is 5.98. The van der Waals surface area contributed by atoms with Gasteiger partial charge in [-0.15, -0.1) is 0 Å². The first-order chi connectivity index (χ1) is 18.6. The van der Waals surface area contributed by atoms with Gasteiger partial charge in [-0.1, -0.05) is 6.07 Å². The van der Waals surface area contributed by atoms with Crippen LogP contribution in [-0.4, -0.2) is 88.3 Å². The van der Waals surface area contributed by atoms with E-state index in [-0.39, 0.29) is 12.2 Å². The van der Waals surface area contributed by atoms with Crippen LogP contribution in [0.3, 0.4) is 0 Å². The molecule has 196 valence electrons. The number of aromatic nitrogens is 5. The van der Waals surface area contributed by atoms with E-state index >= 15 is 0 Å². The highest BCUT2D eigenvalue weighted by Crippen LogP contribution is 2.28. The molecule has 0 bridgehead atoms. The number of rotatable bonds is 7. The van der Waals surface area contributed by atoms with Crippen LogP contribution in [0.5, 0.6) is 0 Å². The number of Topliss-reactive ketones (excluding diaryl/α,β-unsaturated/α-hetero) is 1. The maximum Gasteiger partial charge on any atom is 0.169 e. The standard InChI is InChI=1S/C28H31N7O3/c1-33-26(19-34-6-10-37-11-7-34)24(18-30-33)20-2-3-25-22(14-20)15-23(31-32-25)17-27(36)21-4-5-29-28(16-21)35-8-12-38-13-9-35/h2-5,14-16,18H,6-13,17,19H2,1H3. The summed E-state index contributed by atoms with van der Waals surface area (Å²) in [5.74, 6) is 0.796. The van der Waals surface area contributed by atoms with Gasteiger partial charge in [-0.3, -0.25) is 14.4 Å². The molecule has 6 rings (SSSR count). The van der Waals surface area contributed by atoms with Gasteiger partial charge in [0.05, 0.1) is 55.9 Å². The lowest BCUT2D eigenvalue weighted by molar-refractivity contribution is 0.0332. The fraction of sp³-hybridized carbons (Fsp3) is 0.393. The van der Waals surface area contributed by atoms with E-state index in [0.717, 1.165) is 79.5 Å². The zero-order valence-corrected chi connectivity index (χ0v) is 21.5. The lowest BCUT2D eigenvalue weighted by Crippen LogP contribution is -2.36. The maximum atomic E-state index is 13.1. The van der Waals surface area contributed by atoms with Crippen LogP contribution in [0.15, 0.2) is 48.8 Å². The Bertz CT molecular complexity index is 1440. The molecule has 38 heavy (non-hydrogen) atoms. The van der Waals surface area contributed by atoms with Crippen molar-refractivity contribution in [3.8, 4) is 11.1 Å². The Morgan fingerprint density at radius 2 is 1.74 bits per heavy atom. The quantitative estimate of drug-likeness (QED) is 0.345. The number of benzene rings is 1. The summed E-state index contributed by atoms with van der Waals surface area (Å²) in [6.45, 7) is 7.06. The van der Waals surface area contributed by atoms with E-state index in [4.69, 9.17) is 9.47 Å². The average molecular weight is 514 g/mol. The predicted molar refractivity (Wildman–Crippen MR) is 143 cm³/mol. The van der Waals surface area contributed by atoms with E-state index in [9.17, 15) is 4.79 Å². The number of fused-ring (bicyclic) bond motifs is 1. The summed E-state index contributed by atoms with van der Waals surface area (Å²) in [6, 6.07) is 11.7. The van der Waals surface area contributed by atoms with Crippen molar-refractivity contribution < 1.29 is 14.3 Å². The molecule has 5 heterocycles. The van der Waals surface area contributed by atoms with E-state index < -0.39 is 0 Å². The number of nitrogens with zero attached hydrogens (tertiary/aromatic N) is 7. The van der Waals surface area contributed by atoms with Gasteiger partial charge >= 0.3 is 0 Å². The third-order valence-corrected chi connectivity index (χ3v) is 7.23. The van der Waals surface area contributed by atoms with Crippen molar-refractivity contribution in [3.05, 3.63) is 65.7 Å². The zero-order chi connectivity index (χ0) is 25.9. The topological polar surface area (TPSA) is 98.5 Å². The first-order valence-electron chi connectivity index (χ1n) is 13.0. The van der Waals surface area contributed by atoms with Crippen molar-refractivity contribution in [3.63, 3.8) is 0 Å². The Balaban J connectivity index is 1.22. The van der Waals surface area contributed by atoms with Crippen LogP contribution in [0, 0.1) is 0 Å². The minimum atomic E-state index is -0.00762. The number of hydrogen-bond acceptors (Lipinski definition) is 9. The molecular formula is C28H31N7O3. The molecule has 0 N–H and O–H groups in total. The van der Waals surface area contributed by atoms with Crippen LogP contribution in [0.1, 0.15) is 21.7 Å². The number of carbonyl (C=O) groups is 1. The normalized spacial score (nSPS) is 16.7. The molecule has 10 heteroatoms. The second kappa shape index (κ2) is 10.9. The predicted octanol–water partition coefficient (Wildman–Crippen LogP) is 2.52. The van der Waals surface area contributed by atoms with Crippen LogP contribution in [0.2, 0.25) is 0 Å². The van der Waals surface area contributed by atoms with E-state index in [2.05, 4.69) is 42.2 Å². The van der Waals surface area contributed by atoms with Crippen molar-refractivity contribution in [2.75, 3.05) is 57.5 Å². The van der Waals surface area contributed by atoms with Crippen molar-refractivity contribution in [1.82, 2.24) is 29.9 Å². The highest BCUT2D eigenvalue weighted by atomic mass is 16.5. The fourth-order valence-electron chi connectivity index (χ4n) is 5.03. The third-order valence-electron chi connectivity index (χ3n) is 7.23. The molecule has 2 aliphatic heterocycles. The molecule has 0 atom stereocenters. The molecule has 0 spiro atoms. The second-order valence-corrected chi connectivity index (χ2v) is 9.73. The number of ether oxygens (including phenoxy) is 2. The smallest absolute Gasteiger partial charge is 0.169 e. The number of morpholine rings is 2. The van der Waals surface area contributed by atoms with Crippen LogP contribution < -0.4 is 4.90 Å². The molecule has 10 nitrogen and oxygen atoms in total. The number of ketones is 1. The second-order valence-electron chi connectivity index (χ2n) is 9.73. The van der Waals surface area contributed by atoms with Crippen LogP contribution in [-0.2, 0) is 29.5 Å². The van der Waals surface area contributed by atoms with Crippen molar-refractivity contribution >= 4 is 22.5 Å². The van der Waals surface area contributed by atoms with Gasteiger partial charge in [0.2, 0.25) is 0 Å². The van der Waals surface area contributed by atoms with E-state index in [0.29, 0.717) is 24.5 Å². The molecule has 0 unspecified atom stereocenters. The van der Waals surface area contributed by atoms with Crippen molar-refractivity contribution in [2.45, 2.75) is 13.0 Å². The van der Waals surface area contributed by atoms with Crippen LogP contribution >= 0.6 is 0 Å². The molecule has 2 aliphatic rings. The first kappa shape index (κ1) is 24.6. The number of anilines is 1. The number of hydrogen-bond donors (Lipinski definition) is 0. The molecule has 0 aliphatic carbocycles. The van der Waals surface area contributed by atoms with Gasteiger partial charge in [0.1, 0.15) is 5.82 Å². The minimum Gasteiger partial charge on any atom is -0.379 e. The maximum absolute atomic E-state index is 13.1.